The molecule has 1 aliphatic rings. The fraction of sp³-hybridized carbons (Fsp3) is 0.300. The van der Waals surface area contributed by atoms with Gasteiger partial charge in [0.1, 0.15) is 6.10 Å². The van der Waals surface area contributed by atoms with E-state index in [0.717, 1.165) is 16.6 Å². The Kier molecular flexibility index (Phi) is 4.44. The van der Waals surface area contributed by atoms with Crippen LogP contribution < -0.4 is 0 Å². The summed E-state index contributed by atoms with van der Waals surface area (Å²) in [5.74, 6) is -0.0927. The number of aryl methyl sites for hydroxylation is 1. The summed E-state index contributed by atoms with van der Waals surface area (Å²) in [6.07, 6.45) is 3.01. The lowest BCUT2D eigenvalue weighted by Crippen LogP contribution is -2.49. The zero-order valence-electron chi connectivity index (χ0n) is 14.6. The van der Waals surface area contributed by atoms with Gasteiger partial charge >= 0.3 is 0 Å². The number of ether oxygens (including phenoxy) is 1. The predicted molar refractivity (Wildman–Crippen MR) is 97.0 cm³/mol. The molecular weight excluding hydrogens is 330 g/mol. The van der Waals surface area contributed by atoms with Gasteiger partial charge in [-0.25, -0.2) is 4.52 Å². The summed E-state index contributed by atoms with van der Waals surface area (Å²) >= 11 is 0. The van der Waals surface area contributed by atoms with Crippen molar-refractivity contribution in [1.82, 2.24) is 14.5 Å². The van der Waals surface area contributed by atoms with E-state index in [0.29, 0.717) is 18.7 Å². The Morgan fingerprint density at radius 2 is 2.08 bits per heavy atom. The molecule has 0 radical (unpaired) electrons. The molecule has 2 aromatic heterocycles. The first kappa shape index (κ1) is 16.8. The van der Waals surface area contributed by atoms with Crippen molar-refractivity contribution in [1.29, 1.82) is 0 Å². The number of rotatable bonds is 3. The van der Waals surface area contributed by atoms with E-state index in [-0.39, 0.29) is 18.6 Å². The van der Waals surface area contributed by atoms with Gasteiger partial charge in [-0.15, -0.1) is 0 Å². The van der Waals surface area contributed by atoms with Crippen molar-refractivity contribution in [2.45, 2.75) is 19.1 Å². The Balaban J connectivity index is 1.77. The second kappa shape index (κ2) is 6.90. The van der Waals surface area contributed by atoms with Crippen LogP contribution >= 0.6 is 0 Å². The van der Waals surface area contributed by atoms with E-state index in [2.05, 4.69) is 5.10 Å². The van der Waals surface area contributed by atoms with Crippen molar-refractivity contribution < 1.29 is 14.6 Å². The number of aliphatic hydroxyl groups is 1. The minimum Gasteiger partial charge on any atom is -0.394 e. The van der Waals surface area contributed by atoms with E-state index in [1.165, 1.54) is 0 Å². The smallest absolute Gasteiger partial charge is 0.258 e. The molecule has 3 aromatic rings. The van der Waals surface area contributed by atoms with Crippen LogP contribution in [0.3, 0.4) is 0 Å². The highest BCUT2D eigenvalue weighted by molar-refractivity contribution is 6.01. The van der Waals surface area contributed by atoms with E-state index in [9.17, 15) is 9.90 Å². The van der Waals surface area contributed by atoms with Gasteiger partial charge in [-0.05, 0) is 24.1 Å². The third-order valence-corrected chi connectivity index (χ3v) is 4.91. The normalized spacial score (nSPS) is 20.5. The third-order valence-electron chi connectivity index (χ3n) is 4.91. The number of carbonyl (C=O) groups excluding carboxylic acids is 1. The fourth-order valence-electron chi connectivity index (χ4n) is 3.69. The maximum absolute atomic E-state index is 13.4. The van der Waals surface area contributed by atoms with Crippen LogP contribution in [0.15, 0.2) is 54.9 Å². The van der Waals surface area contributed by atoms with Crippen LogP contribution in [-0.2, 0) is 4.74 Å². The van der Waals surface area contributed by atoms with E-state index in [1.54, 1.807) is 15.6 Å². The summed E-state index contributed by atoms with van der Waals surface area (Å²) in [5, 5.41) is 14.1. The molecule has 3 heterocycles. The molecule has 0 saturated carbocycles. The van der Waals surface area contributed by atoms with Gasteiger partial charge in [0, 0.05) is 12.7 Å². The highest BCUT2D eigenvalue weighted by Crippen LogP contribution is 2.31. The number of fused-ring (bicyclic) bond motifs is 1. The van der Waals surface area contributed by atoms with Gasteiger partial charge in [0.2, 0.25) is 0 Å². The van der Waals surface area contributed by atoms with E-state index >= 15 is 0 Å². The number of aromatic nitrogens is 2. The van der Waals surface area contributed by atoms with E-state index in [1.807, 2.05) is 55.6 Å². The molecule has 1 amide bonds. The zero-order valence-corrected chi connectivity index (χ0v) is 14.6. The molecule has 4 rings (SSSR count). The van der Waals surface area contributed by atoms with E-state index < -0.39 is 6.10 Å². The molecule has 6 nitrogen and oxygen atoms in total. The van der Waals surface area contributed by atoms with Gasteiger partial charge < -0.3 is 14.7 Å². The monoisotopic (exact) mass is 351 g/mol. The number of pyridine rings is 1. The number of benzene rings is 1. The lowest BCUT2D eigenvalue weighted by Gasteiger charge is -2.40. The van der Waals surface area contributed by atoms with Gasteiger partial charge in [0.25, 0.3) is 5.91 Å². The Bertz CT molecular complexity index is 922. The maximum atomic E-state index is 13.4. The molecular formula is C20H21N3O3. The number of carbonyl (C=O) groups is 1. The first-order chi connectivity index (χ1) is 12.7. The molecule has 6 heteroatoms. The molecule has 0 spiro atoms. The highest BCUT2D eigenvalue weighted by Gasteiger charge is 2.37. The van der Waals surface area contributed by atoms with Crippen molar-refractivity contribution in [3.63, 3.8) is 0 Å². The molecule has 26 heavy (non-hydrogen) atoms. The summed E-state index contributed by atoms with van der Waals surface area (Å²) in [7, 11) is 0. The molecule has 0 bridgehead atoms. The van der Waals surface area contributed by atoms with Crippen LogP contribution in [0.25, 0.3) is 5.52 Å². The van der Waals surface area contributed by atoms with Crippen molar-refractivity contribution in [3.05, 3.63) is 71.5 Å². The van der Waals surface area contributed by atoms with Crippen molar-refractivity contribution in [2.24, 2.45) is 0 Å². The average molecular weight is 351 g/mol. The van der Waals surface area contributed by atoms with Crippen molar-refractivity contribution in [2.75, 3.05) is 19.8 Å². The van der Waals surface area contributed by atoms with Crippen molar-refractivity contribution >= 4 is 11.4 Å². The quantitative estimate of drug-likeness (QED) is 0.786. The number of amides is 1. The Morgan fingerprint density at radius 3 is 2.85 bits per heavy atom. The number of hydrogen-bond acceptors (Lipinski definition) is 4. The molecule has 1 aliphatic heterocycles. The van der Waals surface area contributed by atoms with Crippen LogP contribution in [-0.4, -0.2) is 51.4 Å². The molecule has 1 aromatic carbocycles. The average Bonchev–Trinajstić information content (AvgIpc) is 3.13. The molecule has 1 fully saturated rings. The van der Waals surface area contributed by atoms with Gasteiger partial charge in [-0.2, -0.15) is 5.10 Å². The minimum absolute atomic E-state index is 0.0927. The Labute approximate surface area is 151 Å². The van der Waals surface area contributed by atoms with Crippen LogP contribution in [0, 0.1) is 6.92 Å². The second-order valence-electron chi connectivity index (χ2n) is 6.49. The highest BCUT2D eigenvalue weighted by atomic mass is 16.5. The van der Waals surface area contributed by atoms with Gasteiger partial charge in [0.15, 0.2) is 0 Å². The Hall–Kier alpha value is -2.70. The number of hydrogen-bond donors (Lipinski definition) is 1. The summed E-state index contributed by atoms with van der Waals surface area (Å²) in [6, 6.07) is 13.3. The minimum atomic E-state index is -0.446. The van der Waals surface area contributed by atoms with Crippen LogP contribution in [0.5, 0.6) is 0 Å². The fourth-order valence-corrected chi connectivity index (χ4v) is 3.69. The summed E-state index contributed by atoms with van der Waals surface area (Å²) in [6.45, 7) is 2.70. The molecule has 2 atom stereocenters. The largest absolute Gasteiger partial charge is 0.394 e. The number of aliphatic hydroxyl groups excluding tert-OH is 1. The maximum Gasteiger partial charge on any atom is 0.258 e. The predicted octanol–water partition coefficient (Wildman–Crippen LogP) is 2.22. The molecule has 1 saturated heterocycles. The van der Waals surface area contributed by atoms with Crippen molar-refractivity contribution in [3.8, 4) is 0 Å². The Morgan fingerprint density at radius 1 is 1.27 bits per heavy atom. The molecule has 0 aliphatic carbocycles. The van der Waals surface area contributed by atoms with Gasteiger partial charge in [-0.3, -0.25) is 4.79 Å². The van der Waals surface area contributed by atoms with Crippen LogP contribution in [0.2, 0.25) is 0 Å². The second-order valence-corrected chi connectivity index (χ2v) is 6.49. The van der Waals surface area contributed by atoms with Gasteiger partial charge in [-0.1, -0.05) is 36.4 Å². The topological polar surface area (TPSA) is 67.1 Å². The number of nitrogens with zero attached hydrogens (tertiary/aromatic N) is 3. The summed E-state index contributed by atoms with van der Waals surface area (Å²) < 4.78 is 7.46. The zero-order chi connectivity index (χ0) is 18.1. The standard InChI is InChI=1S/C20H21N3O3/c1-14-6-5-9-23-18(14)16(12-21-23)20(25)22-10-11-26-17(13-24)19(22)15-7-3-2-4-8-15/h2-9,12,17,19,24H,10-11,13H2,1H3/t17-,19-/m0/s1. The molecule has 0 unspecified atom stereocenters. The first-order valence-electron chi connectivity index (χ1n) is 8.72. The summed E-state index contributed by atoms with van der Waals surface area (Å²) in [5.41, 5.74) is 3.34. The van der Waals surface area contributed by atoms with Crippen LogP contribution in [0.4, 0.5) is 0 Å². The lowest BCUT2D eigenvalue weighted by molar-refractivity contribution is -0.0811. The number of morpholine rings is 1. The van der Waals surface area contributed by atoms with E-state index in [4.69, 9.17) is 4.74 Å². The SMILES string of the molecule is Cc1cccn2ncc(C(=O)N3CCO[C@@H](CO)[C@@H]3c3ccccc3)c12. The first-order valence-corrected chi connectivity index (χ1v) is 8.72. The summed E-state index contributed by atoms with van der Waals surface area (Å²) in [4.78, 5) is 15.2. The third kappa shape index (κ3) is 2.77. The van der Waals surface area contributed by atoms with Crippen LogP contribution in [0.1, 0.15) is 27.5 Å². The molecule has 1 N–H and O–H groups in total. The molecule has 134 valence electrons. The lowest BCUT2D eigenvalue weighted by atomic mass is 9.97. The van der Waals surface area contributed by atoms with Gasteiger partial charge in [0.05, 0.1) is 36.5 Å².